The van der Waals surface area contributed by atoms with Crippen molar-refractivity contribution in [2.24, 2.45) is 0 Å². The van der Waals surface area contributed by atoms with Crippen LogP contribution in [0.5, 0.6) is 11.5 Å². The van der Waals surface area contributed by atoms with Gasteiger partial charge in [0.05, 0.1) is 17.1 Å². The highest BCUT2D eigenvalue weighted by Crippen LogP contribution is 2.43. The molecule has 0 aliphatic rings. The Morgan fingerprint density at radius 3 is 1.73 bits per heavy atom. The highest BCUT2D eigenvalue weighted by atomic mass is 32.2. The number of hydrogen-bond acceptors (Lipinski definition) is 6. The van der Waals surface area contributed by atoms with E-state index in [1.54, 1.807) is 6.07 Å². The van der Waals surface area contributed by atoms with E-state index in [1.807, 2.05) is 38.1 Å². The molecule has 3 aromatic rings. The lowest BCUT2D eigenvalue weighted by atomic mass is 10.0. The van der Waals surface area contributed by atoms with E-state index < -0.39 is 22.3 Å². The summed E-state index contributed by atoms with van der Waals surface area (Å²) in [5, 5.41) is 22.3. The summed E-state index contributed by atoms with van der Waals surface area (Å²) in [7, 11) is -4.43. The fraction of sp³-hybridized carbons (Fsp3) is 0.364. The van der Waals surface area contributed by atoms with Crippen molar-refractivity contribution in [3.63, 3.8) is 0 Å². The van der Waals surface area contributed by atoms with E-state index in [4.69, 9.17) is 9.47 Å². The molecule has 0 fully saturated rings. The van der Waals surface area contributed by atoms with E-state index in [0.717, 1.165) is 5.39 Å². The summed E-state index contributed by atoms with van der Waals surface area (Å²) in [4.78, 5) is -0.272. The summed E-state index contributed by atoms with van der Waals surface area (Å²) in [6.45, 7) is 3.78. The zero-order valence-corrected chi connectivity index (χ0v) is 17.7. The van der Waals surface area contributed by atoms with Gasteiger partial charge in [-0.2, -0.15) is 8.42 Å². The van der Waals surface area contributed by atoms with Gasteiger partial charge in [-0.3, -0.25) is 4.55 Å². The molecule has 0 saturated heterocycles. The lowest BCUT2D eigenvalue weighted by Gasteiger charge is -2.20. The molecule has 162 valence electrons. The number of aliphatic hydroxyl groups is 2. The van der Waals surface area contributed by atoms with Crippen molar-refractivity contribution < 1.29 is 32.7 Å². The molecule has 2 unspecified atom stereocenters. The predicted molar refractivity (Wildman–Crippen MR) is 115 cm³/mol. The molecule has 3 aromatic carbocycles. The van der Waals surface area contributed by atoms with E-state index >= 15 is 0 Å². The van der Waals surface area contributed by atoms with Gasteiger partial charge in [-0.15, -0.1) is 0 Å². The predicted octanol–water partition coefficient (Wildman–Crippen LogP) is 3.54. The van der Waals surface area contributed by atoms with Gasteiger partial charge in [0.15, 0.2) is 0 Å². The minimum Gasteiger partial charge on any atom is -0.490 e. The second-order valence-electron chi connectivity index (χ2n) is 7.13. The molecule has 3 rings (SSSR count). The maximum absolute atomic E-state index is 11.7. The number of aliphatic hydroxyl groups excluding tert-OH is 2. The first-order valence-corrected chi connectivity index (χ1v) is 11.3. The van der Waals surface area contributed by atoms with Crippen molar-refractivity contribution in [2.75, 3.05) is 13.2 Å². The average Bonchev–Trinajstić information content (AvgIpc) is 2.74. The molecule has 0 heterocycles. The number of rotatable bonds is 9. The van der Waals surface area contributed by atoms with Crippen LogP contribution in [0.15, 0.2) is 47.4 Å². The summed E-state index contributed by atoms with van der Waals surface area (Å²) in [6.07, 6.45) is -0.299. The third-order valence-corrected chi connectivity index (χ3v) is 5.83. The Kier molecular flexibility index (Phi) is 6.82. The summed E-state index contributed by atoms with van der Waals surface area (Å²) in [6, 6.07) is 11.5. The third kappa shape index (κ3) is 4.67. The maximum atomic E-state index is 11.7. The summed E-state index contributed by atoms with van der Waals surface area (Å²) < 4.78 is 44.8. The molecule has 0 bridgehead atoms. The van der Waals surface area contributed by atoms with Gasteiger partial charge < -0.3 is 19.7 Å². The van der Waals surface area contributed by atoms with E-state index in [0.29, 0.717) is 40.5 Å². The topological polar surface area (TPSA) is 113 Å². The monoisotopic (exact) mass is 434 g/mol. The highest BCUT2D eigenvalue weighted by molar-refractivity contribution is 7.85. The second-order valence-corrected chi connectivity index (χ2v) is 8.55. The lowest BCUT2D eigenvalue weighted by Crippen LogP contribution is -2.17. The lowest BCUT2D eigenvalue weighted by molar-refractivity contribution is 0.105. The molecule has 8 heteroatoms. The Bertz CT molecular complexity index is 1140. The smallest absolute Gasteiger partial charge is 0.294 e. The van der Waals surface area contributed by atoms with Crippen molar-refractivity contribution >= 4 is 31.7 Å². The SMILES string of the molecule is CCC(O)COc1c2ccccc2c(OCC(O)CC)c2cc(S(=O)(=O)O)ccc12. The molecular weight excluding hydrogens is 408 g/mol. The van der Waals surface area contributed by atoms with E-state index in [2.05, 4.69) is 0 Å². The standard InChI is InChI=1S/C22H26O7S/c1-3-14(23)12-28-21-17-7-5-6-8-18(17)22(29-13-15(24)4-2)20-11-16(30(25,26)27)9-10-19(20)21/h5-11,14-15,23-24H,3-4,12-13H2,1-2H3,(H,25,26,27). The van der Waals surface area contributed by atoms with Gasteiger partial charge in [-0.1, -0.05) is 38.1 Å². The molecule has 0 amide bonds. The first-order valence-electron chi connectivity index (χ1n) is 9.83. The second kappa shape index (κ2) is 9.18. The molecule has 30 heavy (non-hydrogen) atoms. The minimum absolute atomic E-state index is 0.0282. The normalized spacial score (nSPS) is 14.0. The third-order valence-electron chi connectivity index (χ3n) is 4.98. The number of benzene rings is 3. The van der Waals surface area contributed by atoms with Crippen LogP contribution in [-0.4, -0.2) is 48.6 Å². The Balaban J connectivity index is 2.29. The summed E-state index contributed by atoms with van der Waals surface area (Å²) >= 11 is 0. The Morgan fingerprint density at radius 1 is 0.800 bits per heavy atom. The zero-order valence-electron chi connectivity index (χ0n) is 16.9. The van der Waals surface area contributed by atoms with Crippen molar-refractivity contribution in [1.82, 2.24) is 0 Å². The number of hydrogen-bond donors (Lipinski definition) is 3. The Hall–Kier alpha value is -2.39. The molecule has 0 radical (unpaired) electrons. The van der Waals surface area contributed by atoms with Gasteiger partial charge in [0, 0.05) is 21.5 Å². The first kappa shape index (κ1) is 22.3. The van der Waals surface area contributed by atoms with Gasteiger partial charge in [0.1, 0.15) is 24.7 Å². The van der Waals surface area contributed by atoms with E-state index in [1.165, 1.54) is 12.1 Å². The highest BCUT2D eigenvalue weighted by Gasteiger charge is 2.20. The van der Waals surface area contributed by atoms with Gasteiger partial charge in [-0.05, 0) is 31.0 Å². The van der Waals surface area contributed by atoms with Gasteiger partial charge >= 0.3 is 0 Å². The Morgan fingerprint density at radius 2 is 1.27 bits per heavy atom. The number of ether oxygens (including phenoxy) is 2. The van der Waals surface area contributed by atoms with Crippen LogP contribution in [0.2, 0.25) is 0 Å². The van der Waals surface area contributed by atoms with Crippen molar-refractivity contribution in [2.45, 2.75) is 43.8 Å². The van der Waals surface area contributed by atoms with Gasteiger partial charge in [0.2, 0.25) is 0 Å². The summed E-state index contributed by atoms with van der Waals surface area (Å²) in [5.74, 6) is 0.875. The molecule has 7 nitrogen and oxygen atoms in total. The zero-order chi connectivity index (χ0) is 21.9. The quantitative estimate of drug-likeness (QED) is 0.349. The molecule has 0 aliphatic heterocycles. The maximum Gasteiger partial charge on any atom is 0.294 e. The van der Waals surface area contributed by atoms with Crippen molar-refractivity contribution in [3.05, 3.63) is 42.5 Å². The van der Waals surface area contributed by atoms with Crippen LogP contribution in [0, 0.1) is 0 Å². The molecule has 0 aliphatic carbocycles. The van der Waals surface area contributed by atoms with E-state index in [9.17, 15) is 23.2 Å². The fourth-order valence-corrected chi connectivity index (χ4v) is 3.65. The van der Waals surface area contributed by atoms with Crippen LogP contribution in [0.1, 0.15) is 26.7 Å². The largest absolute Gasteiger partial charge is 0.490 e. The molecular formula is C22H26O7S. The molecule has 0 spiro atoms. The molecule has 0 saturated carbocycles. The average molecular weight is 435 g/mol. The van der Waals surface area contributed by atoms with Crippen LogP contribution in [0.4, 0.5) is 0 Å². The number of fused-ring (bicyclic) bond motifs is 2. The van der Waals surface area contributed by atoms with Crippen LogP contribution < -0.4 is 9.47 Å². The molecule has 0 aromatic heterocycles. The van der Waals surface area contributed by atoms with Crippen LogP contribution >= 0.6 is 0 Å². The minimum atomic E-state index is -4.43. The molecule has 3 N–H and O–H groups in total. The van der Waals surface area contributed by atoms with Gasteiger partial charge in [-0.25, -0.2) is 0 Å². The fourth-order valence-electron chi connectivity index (χ4n) is 3.14. The molecule has 2 atom stereocenters. The summed E-state index contributed by atoms with van der Waals surface area (Å²) in [5.41, 5.74) is 0. The van der Waals surface area contributed by atoms with Gasteiger partial charge in [0.25, 0.3) is 10.1 Å². The van der Waals surface area contributed by atoms with E-state index in [-0.39, 0.29) is 18.1 Å². The van der Waals surface area contributed by atoms with Crippen LogP contribution in [-0.2, 0) is 10.1 Å². The first-order chi connectivity index (χ1) is 14.3. The van der Waals surface area contributed by atoms with Crippen molar-refractivity contribution in [3.8, 4) is 11.5 Å². The van der Waals surface area contributed by atoms with Crippen LogP contribution in [0.3, 0.4) is 0 Å². The Labute approximate surface area is 175 Å². The van der Waals surface area contributed by atoms with Crippen molar-refractivity contribution in [1.29, 1.82) is 0 Å². The van der Waals surface area contributed by atoms with Crippen LogP contribution in [0.25, 0.3) is 21.5 Å².